The molecule has 0 spiro atoms. The molecule has 3 heteroatoms. The van der Waals surface area contributed by atoms with Crippen LogP contribution < -0.4 is 0 Å². The third-order valence-electron chi connectivity index (χ3n) is 2.25. The Balaban J connectivity index is 0. The molecule has 2 nitrogen and oxygen atoms in total. The van der Waals surface area contributed by atoms with Crippen LogP contribution in [0.25, 0.3) is 0 Å². The zero-order valence-corrected chi connectivity index (χ0v) is 9.68. The van der Waals surface area contributed by atoms with Gasteiger partial charge in [-0.2, -0.15) is 0 Å². The SMILES string of the molecule is CCCCCCCC(=O)OCCCC.[SnH4]. The van der Waals surface area contributed by atoms with Gasteiger partial charge in [-0.1, -0.05) is 46.0 Å². The summed E-state index contributed by atoms with van der Waals surface area (Å²) in [5, 5.41) is 0. The zero-order chi connectivity index (χ0) is 10.6. The Morgan fingerprint density at radius 3 is 2.13 bits per heavy atom. The second-order valence-corrected chi connectivity index (χ2v) is 3.74. The first-order valence-corrected chi connectivity index (χ1v) is 5.96. The Labute approximate surface area is 111 Å². The third kappa shape index (κ3) is 14.3. The van der Waals surface area contributed by atoms with E-state index in [1.54, 1.807) is 0 Å². The van der Waals surface area contributed by atoms with Crippen molar-refractivity contribution in [2.75, 3.05) is 6.61 Å². The van der Waals surface area contributed by atoms with Gasteiger partial charge >= 0.3 is 29.9 Å². The van der Waals surface area contributed by atoms with Crippen LogP contribution in [0.5, 0.6) is 0 Å². The maximum absolute atomic E-state index is 11.1. The second kappa shape index (κ2) is 14.3. The Bertz CT molecular complexity index is 138. The van der Waals surface area contributed by atoms with Crippen molar-refractivity contribution in [2.24, 2.45) is 0 Å². The van der Waals surface area contributed by atoms with Crippen LogP contribution in [0, 0.1) is 0 Å². The van der Waals surface area contributed by atoms with Gasteiger partial charge in [-0.25, -0.2) is 0 Å². The van der Waals surface area contributed by atoms with Crippen LogP contribution >= 0.6 is 0 Å². The zero-order valence-electron chi connectivity index (χ0n) is 9.68. The van der Waals surface area contributed by atoms with Crippen molar-refractivity contribution in [3.05, 3.63) is 0 Å². The predicted octanol–water partition coefficient (Wildman–Crippen LogP) is 2.24. The van der Waals surface area contributed by atoms with E-state index < -0.39 is 0 Å². The molecule has 0 aliphatic carbocycles. The number of esters is 1. The quantitative estimate of drug-likeness (QED) is 0.370. The molecule has 92 valence electrons. The molecule has 0 saturated carbocycles. The normalized spacial score (nSPS) is 9.47. The molecular formula is C12H28O2Sn. The molecule has 0 heterocycles. The summed E-state index contributed by atoms with van der Waals surface area (Å²) < 4.78 is 5.05. The van der Waals surface area contributed by atoms with Gasteiger partial charge in [0.05, 0.1) is 6.61 Å². The van der Waals surface area contributed by atoms with Crippen LogP contribution in [0.2, 0.25) is 0 Å². The van der Waals surface area contributed by atoms with E-state index in [9.17, 15) is 4.79 Å². The molecule has 0 N–H and O–H groups in total. The van der Waals surface area contributed by atoms with Gasteiger partial charge in [0.2, 0.25) is 0 Å². The summed E-state index contributed by atoms with van der Waals surface area (Å²) in [4.78, 5) is 11.1. The van der Waals surface area contributed by atoms with Gasteiger partial charge in [0.15, 0.2) is 0 Å². The number of carbonyl (C=O) groups is 1. The Morgan fingerprint density at radius 1 is 0.933 bits per heavy atom. The van der Waals surface area contributed by atoms with Gasteiger partial charge in [-0.05, 0) is 12.8 Å². The van der Waals surface area contributed by atoms with E-state index in [1.165, 1.54) is 19.3 Å². The fraction of sp³-hybridized carbons (Fsp3) is 0.917. The van der Waals surface area contributed by atoms with E-state index in [2.05, 4.69) is 13.8 Å². The minimum atomic E-state index is -0.0186. The molecule has 0 aromatic heterocycles. The number of carbonyl (C=O) groups excluding carboxylic acids is 1. The van der Waals surface area contributed by atoms with Crippen LogP contribution in [0.4, 0.5) is 0 Å². The van der Waals surface area contributed by atoms with E-state index in [4.69, 9.17) is 4.74 Å². The number of hydrogen-bond acceptors (Lipinski definition) is 2. The van der Waals surface area contributed by atoms with Crippen molar-refractivity contribution in [2.45, 2.75) is 65.2 Å². The average molecular weight is 323 g/mol. The third-order valence-corrected chi connectivity index (χ3v) is 2.25. The summed E-state index contributed by atoms with van der Waals surface area (Å²) in [5.41, 5.74) is 0. The number of hydrogen-bond donors (Lipinski definition) is 0. The summed E-state index contributed by atoms with van der Waals surface area (Å²) in [7, 11) is 0. The average Bonchev–Trinajstić information content (AvgIpc) is 2.18. The van der Waals surface area contributed by atoms with Gasteiger partial charge in [-0.15, -0.1) is 0 Å². The minimum absolute atomic E-state index is 0. The molecule has 0 bridgehead atoms. The molecular weight excluding hydrogens is 295 g/mol. The van der Waals surface area contributed by atoms with Crippen LogP contribution in [-0.4, -0.2) is 36.5 Å². The van der Waals surface area contributed by atoms with E-state index in [0.717, 1.165) is 25.7 Å². The van der Waals surface area contributed by atoms with Crippen molar-refractivity contribution in [1.29, 1.82) is 0 Å². The molecule has 0 atom stereocenters. The predicted molar refractivity (Wildman–Crippen MR) is 70.6 cm³/mol. The van der Waals surface area contributed by atoms with Crippen LogP contribution in [0.1, 0.15) is 65.2 Å². The standard InChI is InChI=1S/C12H24O2.Sn.4H/c1-3-5-7-8-9-10-12(13)14-11-6-4-2;;;;;/h3-11H2,1-2H3;;;;;. The van der Waals surface area contributed by atoms with E-state index in [-0.39, 0.29) is 29.9 Å². The molecule has 0 saturated heterocycles. The van der Waals surface area contributed by atoms with Gasteiger partial charge in [-0.3, -0.25) is 4.79 Å². The molecule has 0 aliphatic rings. The first-order valence-electron chi connectivity index (χ1n) is 5.96. The number of rotatable bonds is 9. The van der Waals surface area contributed by atoms with Crippen LogP contribution in [-0.2, 0) is 9.53 Å². The van der Waals surface area contributed by atoms with E-state index in [0.29, 0.717) is 13.0 Å². The monoisotopic (exact) mass is 324 g/mol. The van der Waals surface area contributed by atoms with Crippen LogP contribution in [0.3, 0.4) is 0 Å². The number of ether oxygens (including phenoxy) is 1. The molecule has 0 amide bonds. The first-order chi connectivity index (χ1) is 6.81. The summed E-state index contributed by atoms with van der Waals surface area (Å²) in [5.74, 6) is -0.0186. The van der Waals surface area contributed by atoms with Crippen molar-refractivity contribution in [3.63, 3.8) is 0 Å². The Morgan fingerprint density at radius 2 is 1.53 bits per heavy atom. The summed E-state index contributed by atoms with van der Waals surface area (Å²) in [6.07, 6.45) is 8.62. The maximum atomic E-state index is 11.1. The van der Waals surface area contributed by atoms with Gasteiger partial charge < -0.3 is 4.74 Å². The Kier molecular flexibility index (Phi) is 16.8. The summed E-state index contributed by atoms with van der Waals surface area (Å²) >= 11 is 0. The first kappa shape index (κ1) is 17.7. The fourth-order valence-electron chi connectivity index (χ4n) is 1.28. The second-order valence-electron chi connectivity index (χ2n) is 3.74. The van der Waals surface area contributed by atoms with Crippen molar-refractivity contribution >= 4 is 29.9 Å². The van der Waals surface area contributed by atoms with Gasteiger partial charge in [0.25, 0.3) is 0 Å². The Hall–Kier alpha value is 0.269. The van der Waals surface area contributed by atoms with Gasteiger partial charge in [0, 0.05) is 6.42 Å². The number of unbranched alkanes of at least 4 members (excludes halogenated alkanes) is 5. The molecule has 0 aromatic carbocycles. The molecule has 0 aliphatic heterocycles. The molecule has 0 rings (SSSR count). The summed E-state index contributed by atoms with van der Waals surface area (Å²) in [6, 6.07) is 0. The fourth-order valence-corrected chi connectivity index (χ4v) is 1.28. The molecule has 15 heavy (non-hydrogen) atoms. The van der Waals surface area contributed by atoms with Crippen molar-refractivity contribution in [3.8, 4) is 0 Å². The van der Waals surface area contributed by atoms with Gasteiger partial charge in [0.1, 0.15) is 0 Å². The van der Waals surface area contributed by atoms with Crippen LogP contribution in [0.15, 0.2) is 0 Å². The van der Waals surface area contributed by atoms with Crippen molar-refractivity contribution in [1.82, 2.24) is 0 Å². The topological polar surface area (TPSA) is 26.3 Å². The van der Waals surface area contributed by atoms with E-state index in [1.807, 2.05) is 0 Å². The molecule has 0 unspecified atom stereocenters. The molecule has 0 radical (unpaired) electrons. The molecule has 0 fully saturated rings. The summed E-state index contributed by atoms with van der Waals surface area (Å²) in [6.45, 7) is 4.89. The van der Waals surface area contributed by atoms with Crippen molar-refractivity contribution < 1.29 is 9.53 Å². The molecule has 0 aromatic rings. The van der Waals surface area contributed by atoms with E-state index >= 15 is 0 Å².